The Hall–Kier alpha value is -1.66. The molecule has 0 atom stereocenters. The van der Waals surface area contributed by atoms with Crippen molar-refractivity contribution in [2.75, 3.05) is 6.54 Å². The van der Waals surface area contributed by atoms with Gasteiger partial charge < -0.3 is 21.4 Å². The third kappa shape index (κ3) is 3.42. The molecule has 1 aromatic rings. The summed E-state index contributed by atoms with van der Waals surface area (Å²) in [4.78, 5) is 4.10. The van der Waals surface area contributed by atoms with Crippen molar-refractivity contribution >= 4 is 5.84 Å². The molecule has 0 radical (unpaired) electrons. The van der Waals surface area contributed by atoms with Crippen molar-refractivity contribution in [1.82, 2.24) is 10.3 Å². The molecular weight excluding hydrogens is 244 g/mol. The molecule has 2 rings (SSSR count). The maximum Gasteiger partial charge on any atom is 0.189 e. The molecule has 19 heavy (non-hydrogen) atoms. The zero-order valence-corrected chi connectivity index (χ0v) is 10.8. The van der Waals surface area contributed by atoms with Crippen molar-refractivity contribution in [2.45, 2.75) is 37.8 Å². The van der Waals surface area contributed by atoms with E-state index in [2.05, 4.69) is 15.5 Å². The van der Waals surface area contributed by atoms with Gasteiger partial charge in [0, 0.05) is 19.3 Å². The Morgan fingerprint density at radius 3 is 2.89 bits per heavy atom. The number of nitrogens with one attached hydrogen (secondary N) is 1. The Balaban J connectivity index is 1.96. The lowest BCUT2D eigenvalue weighted by Gasteiger charge is -2.22. The van der Waals surface area contributed by atoms with E-state index >= 15 is 0 Å². The van der Waals surface area contributed by atoms with Crippen LogP contribution in [0.4, 0.5) is 0 Å². The van der Waals surface area contributed by atoms with E-state index in [-0.39, 0.29) is 5.84 Å². The fourth-order valence-corrected chi connectivity index (χ4v) is 2.50. The van der Waals surface area contributed by atoms with Crippen molar-refractivity contribution in [3.8, 4) is 0 Å². The van der Waals surface area contributed by atoms with Gasteiger partial charge >= 0.3 is 0 Å². The molecule has 0 aliphatic heterocycles. The summed E-state index contributed by atoms with van der Waals surface area (Å²) in [5.41, 5.74) is 6.31. The van der Waals surface area contributed by atoms with E-state index in [1.54, 1.807) is 12.3 Å². The molecule has 1 aliphatic rings. The Bertz CT molecular complexity index is 456. The van der Waals surface area contributed by atoms with E-state index < -0.39 is 5.60 Å². The van der Waals surface area contributed by atoms with Crippen LogP contribution >= 0.6 is 0 Å². The van der Waals surface area contributed by atoms with Crippen LogP contribution in [-0.2, 0) is 6.54 Å². The molecule has 1 heterocycles. The first kappa shape index (κ1) is 13.8. The average Bonchev–Trinajstić information content (AvgIpc) is 2.85. The molecule has 1 aliphatic carbocycles. The number of nitrogens with two attached hydrogens (primary N) is 1. The second kappa shape index (κ2) is 5.99. The van der Waals surface area contributed by atoms with Gasteiger partial charge in [0.05, 0.1) is 5.60 Å². The quantitative estimate of drug-likeness (QED) is 0.269. The van der Waals surface area contributed by atoms with Crippen LogP contribution in [0.5, 0.6) is 0 Å². The lowest BCUT2D eigenvalue weighted by molar-refractivity contribution is 0.0475. The number of pyridine rings is 1. The zero-order valence-electron chi connectivity index (χ0n) is 10.8. The van der Waals surface area contributed by atoms with Crippen molar-refractivity contribution in [2.24, 2.45) is 10.9 Å². The highest BCUT2D eigenvalue weighted by molar-refractivity contribution is 5.96. The summed E-state index contributed by atoms with van der Waals surface area (Å²) >= 11 is 0. The van der Waals surface area contributed by atoms with Crippen molar-refractivity contribution < 1.29 is 10.3 Å². The Labute approximate surface area is 112 Å². The summed E-state index contributed by atoms with van der Waals surface area (Å²) in [6, 6.07) is 3.67. The standard InChI is InChI=1S/C13H20N4O2/c14-12(17-19)11-10(4-3-7-16-11)8-15-9-13(18)5-1-2-6-13/h3-4,7,15,18-19H,1-2,5-6,8-9H2,(H2,14,17). The lowest BCUT2D eigenvalue weighted by Crippen LogP contribution is -2.38. The first-order chi connectivity index (χ1) is 9.14. The third-order valence-electron chi connectivity index (χ3n) is 3.55. The summed E-state index contributed by atoms with van der Waals surface area (Å²) in [5, 5.41) is 25.1. The maximum absolute atomic E-state index is 10.2. The van der Waals surface area contributed by atoms with Crippen LogP contribution in [-0.4, -0.2) is 33.3 Å². The van der Waals surface area contributed by atoms with E-state index in [9.17, 15) is 5.11 Å². The van der Waals surface area contributed by atoms with E-state index in [1.807, 2.05) is 6.07 Å². The van der Waals surface area contributed by atoms with Crippen molar-refractivity contribution in [3.63, 3.8) is 0 Å². The predicted octanol–water partition coefficient (Wildman–Crippen LogP) is 0.571. The highest BCUT2D eigenvalue weighted by Gasteiger charge is 2.30. The van der Waals surface area contributed by atoms with Crippen LogP contribution in [0.15, 0.2) is 23.5 Å². The number of amidine groups is 1. The molecular formula is C13H20N4O2. The van der Waals surface area contributed by atoms with Gasteiger partial charge in [0.15, 0.2) is 5.84 Å². The first-order valence-electron chi connectivity index (χ1n) is 6.49. The molecule has 6 heteroatoms. The summed E-state index contributed by atoms with van der Waals surface area (Å²) in [6.45, 7) is 1.08. The van der Waals surface area contributed by atoms with E-state index in [4.69, 9.17) is 10.9 Å². The van der Waals surface area contributed by atoms with Crippen LogP contribution in [0.1, 0.15) is 36.9 Å². The minimum Gasteiger partial charge on any atom is -0.409 e. The molecule has 0 saturated heterocycles. The fourth-order valence-electron chi connectivity index (χ4n) is 2.50. The number of nitrogens with zero attached hydrogens (tertiary/aromatic N) is 2. The normalized spacial score (nSPS) is 18.7. The third-order valence-corrected chi connectivity index (χ3v) is 3.55. The topological polar surface area (TPSA) is 104 Å². The molecule has 6 nitrogen and oxygen atoms in total. The zero-order chi connectivity index (χ0) is 13.7. The van der Waals surface area contributed by atoms with Gasteiger partial charge in [-0.2, -0.15) is 0 Å². The number of aliphatic hydroxyl groups is 1. The minimum absolute atomic E-state index is 0.00280. The molecule has 0 aromatic carbocycles. The molecule has 5 N–H and O–H groups in total. The molecule has 1 aromatic heterocycles. The predicted molar refractivity (Wildman–Crippen MR) is 71.9 cm³/mol. The van der Waals surface area contributed by atoms with Gasteiger partial charge in [0.25, 0.3) is 0 Å². The van der Waals surface area contributed by atoms with Crippen LogP contribution in [0, 0.1) is 0 Å². The largest absolute Gasteiger partial charge is 0.409 e. The first-order valence-corrected chi connectivity index (χ1v) is 6.49. The van der Waals surface area contributed by atoms with Gasteiger partial charge in [-0.15, -0.1) is 0 Å². The van der Waals surface area contributed by atoms with E-state index in [1.165, 1.54) is 0 Å². The van der Waals surface area contributed by atoms with Gasteiger partial charge in [-0.05, 0) is 24.5 Å². The lowest BCUT2D eigenvalue weighted by atomic mass is 10.0. The van der Waals surface area contributed by atoms with Crippen molar-refractivity contribution in [1.29, 1.82) is 0 Å². The van der Waals surface area contributed by atoms with Gasteiger partial charge in [-0.1, -0.05) is 24.1 Å². The molecule has 0 spiro atoms. The molecule has 0 bridgehead atoms. The maximum atomic E-state index is 10.2. The molecule has 0 amide bonds. The van der Waals surface area contributed by atoms with Gasteiger partial charge in [0.1, 0.15) is 5.69 Å². The molecule has 1 fully saturated rings. The SMILES string of the molecule is NC(=NO)c1ncccc1CNCC1(O)CCCC1. The smallest absolute Gasteiger partial charge is 0.189 e. The number of hydrogen-bond donors (Lipinski definition) is 4. The molecule has 1 saturated carbocycles. The Morgan fingerprint density at radius 2 is 2.21 bits per heavy atom. The summed E-state index contributed by atoms with van der Waals surface area (Å²) < 4.78 is 0. The monoisotopic (exact) mass is 264 g/mol. The van der Waals surface area contributed by atoms with Gasteiger partial charge in [-0.3, -0.25) is 4.98 Å². The van der Waals surface area contributed by atoms with Gasteiger partial charge in [-0.25, -0.2) is 0 Å². The number of aromatic nitrogens is 1. The van der Waals surface area contributed by atoms with E-state index in [0.29, 0.717) is 18.8 Å². The van der Waals surface area contributed by atoms with Crippen LogP contribution in [0.3, 0.4) is 0 Å². The molecule has 0 unspecified atom stereocenters. The number of oxime groups is 1. The Morgan fingerprint density at radius 1 is 1.47 bits per heavy atom. The summed E-state index contributed by atoms with van der Waals surface area (Å²) in [6.07, 6.45) is 5.46. The van der Waals surface area contributed by atoms with E-state index in [0.717, 1.165) is 31.2 Å². The number of hydrogen-bond acceptors (Lipinski definition) is 5. The van der Waals surface area contributed by atoms with Crippen LogP contribution in [0.2, 0.25) is 0 Å². The summed E-state index contributed by atoms with van der Waals surface area (Å²) in [7, 11) is 0. The van der Waals surface area contributed by atoms with Crippen LogP contribution < -0.4 is 11.1 Å². The average molecular weight is 264 g/mol. The Kier molecular flexibility index (Phi) is 4.34. The fraction of sp³-hybridized carbons (Fsp3) is 0.538. The second-order valence-corrected chi connectivity index (χ2v) is 5.03. The highest BCUT2D eigenvalue weighted by Crippen LogP contribution is 2.28. The minimum atomic E-state index is -0.584. The van der Waals surface area contributed by atoms with Crippen molar-refractivity contribution in [3.05, 3.63) is 29.6 Å². The highest BCUT2D eigenvalue weighted by atomic mass is 16.4. The second-order valence-electron chi connectivity index (χ2n) is 5.03. The summed E-state index contributed by atoms with van der Waals surface area (Å²) in [5.74, 6) is -0.00280. The number of rotatable bonds is 5. The molecule has 104 valence electrons. The van der Waals surface area contributed by atoms with Gasteiger partial charge in [0.2, 0.25) is 0 Å². The van der Waals surface area contributed by atoms with Crippen LogP contribution in [0.25, 0.3) is 0 Å².